The molecule has 6 nitrogen and oxygen atoms in total. The molecule has 3 rings (SSSR count). The van der Waals surface area contributed by atoms with Gasteiger partial charge in [-0.05, 0) is 20.3 Å². The van der Waals surface area contributed by atoms with Gasteiger partial charge in [-0.1, -0.05) is 0 Å². The molecule has 3 heterocycles. The van der Waals surface area contributed by atoms with Gasteiger partial charge in [-0.15, -0.1) is 11.3 Å². The third kappa shape index (κ3) is 2.98. The molecule has 0 unspecified atom stereocenters. The van der Waals surface area contributed by atoms with Crippen LogP contribution < -0.4 is 5.32 Å². The highest BCUT2D eigenvalue weighted by Crippen LogP contribution is 2.26. The van der Waals surface area contributed by atoms with Gasteiger partial charge in [0.15, 0.2) is 0 Å². The van der Waals surface area contributed by atoms with Crippen LogP contribution >= 0.6 is 11.3 Å². The number of carbonyl (C=O) groups is 1. The highest BCUT2D eigenvalue weighted by molar-refractivity contribution is 7.11. The monoisotopic (exact) mass is 306 g/mol. The van der Waals surface area contributed by atoms with E-state index in [9.17, 15) is 4.79 Å². The first kappa shape index (κ1) is 14.2. The van der Waals surface area contributed by atoms with E-state index in [2.05, 4.69) is 20.5 Å². The van der Waals surface area contributed by atoms with E-state index < -0.39 is 0 Å². The summed E-state index contributed by atoms with van der Waals surface area (Å²) >= 11 is 1.61. The van der Waals surface area contributed by atoms with E-state index in [1.807, 2.05) is 13.8 Å². The van der Waals surface area contributed by atoms with Crippen molar-refractivity contribution in [1.82, 2.24) is 20.5 Å². The highest BCUT2D eigenvalue weighted by Gasteiger charge is 2.25. The summed E-state index contributed by atoms with van der Waals surface area (Å²) < 4.78 is 5.37. The third-order valence-electron chi connectivity index (χ3n) is 3.72. The molecule has 21 heavy (non-hydrogen) atoms. The van der Waals surface area contributed by atoms with E-state index in [-0.39, 0.29) is 11.8 Å². The molecule has 0 bridgehead atoms. The normalized spacial score (nSPS) is 18.1. The van der Waals surface area contributed by atoms with Gasteiger partial charge in [0, 0.05) is 17.4 Å². The third-order valence-corrected chi connectivity index (χ3v) is 4.80. The van der Waals surface area contributed by atoms with E-state index in [0.29, 0.717) is 18.7 Å². The summed E-state index contributed by atoms with van der Waals surface area (Å²) in [5.41, 5.74) is 2.50. The molecule has 1 aliphatic heterocycles. The molecule has 112 valence electrons. The largest absolute Gasteiger partial charge is 0.381 e. The molecule has 1 aliphatic rings. The number of rotatable bonds is 4. The van der Waals surface area contributed by atoms with E-state index in [1.54, 1.807) is 17.5 Å². The first-order chi connectivity index (χ1) is 10.1. The Hall–Kier alpha value is -1.73. The molecule has 2 aromatic rings. The Kier molecular flexibility index (Phi) is 4.03. The molecular formula is C14H18N4O2S. The van der Waals surface area contributed by atoms with Gasteiger partial charge in [-0.3, -0.25) is 9.89 Å². The van der Waals surface area contributed by atoms with Gasteiger partial charge < -0.3 is 10.1 Å². The molecule has 1 saturated heterocycles. The van der Waals surface area contributed by atoms with Crippen LogP contribution in [0, 0.1) is 13.8 Å². The van der Waals surface area contributed by atoms with Crippen LogP contribution in [-0.4, -0.2) is 34.3 Å². The van der Waals surface area contributed by atoms with Crippen LogP contribution in [0.4, 0.5) is 0 Å². The number of H-pyrrole nitrogens is 1. The zero-order valence-corrected chi connectivity index (χ0v) is 12.9. The van der Waals surface area contributed by atoms with Crippen LogP contribution in [0.25, 0.3) is 0 Å². The van der Waals surface area contributed by atoms with E-state index in [4.69, 9.17) is 4.74 Å². The van der Waals surface area contributed by atoms with E-state index >= 15 is 0 Å². The number of amides is 1. The highest BCUT2D eigenvalue weighted by atomic mass is 32.1. The maximum absolute atomic E-state index is 12.3. The zero-order valence-electron chi connectivity index (χ0n) is 12.1. The van der Waals surface area contributed by atoms with Crippen LogP contribution in [-0.2, 0) is 11.3 Å². The summed E-state index contributed by atoms with van der Waals surface area (Å²) in [6, 6.07) is 0. The lowest BCUT2D eigenvalue weighted by Gasteiger charge is -2.08. The molecule has 7 heteroatoms. The molecule has 0 saturated carbocycles. The molecule has 0 aromatic carbocycles. The molecule has 2 N–H and O–H groups in total. The first-order valence-electron chi connectivity index (χ1n) is 6.97. The minimum atomic E-state index is -0.115. The number of nitrogens with zero attached hydrogens (tertiary/aromatic N) is 2. The van der Waals surface area contributed by atoms with Crippen LogP contribution in [0.15, 0.2) is 6.20 Å². The molecule has 0 spiro atoms. The number of ether oxygens (including phenoxy) is 1. The van der Waals surface area contributed by atoms with Crippen molar-refractivity contribution < 1.29 is 9.53 Å². The van der Waals surface area contributed by atoms with Crippen molar-refractivity contribution in [3.8, 4) is 0 Å². The topological polar surface area (TPSA) is 79.9 Å². The molecular weight excluding hydrogens is 288 g/mol. The number of aryl methyl sites for hydroxylation is 2. The van der Waals surface area contributed by atoms with Gasteiger partial charge >= 0.3 is 0 Å². The summed E-state index contributed by atoms with van der Waals surface area (Å²) in [6.45, 7) is 5.84. The number of hydrogen-bond acceptors (Lipinski definition) is 5. The van der Waals surface area contributed by atoms with Crippen molar-refractivity contribution in [2.24, 2.45) is 0 Å². The van der Waals surface area contributed by atoms with Crippen LogP contribution in [0.2, 0.25) is 0 Å². The number of aromatic amines is 1. The van der Waals surface area contributed by atoms with Crippen molar-refractivity contribution in [2.45, 2.75) is 32.7 Å². The minimum Gasteiger partial charge on any atom is -0.381 e. The predicted molar refractivity (Wildman–Crippen MR) is 79.5 cm³/mol. The zero-order chi connectivity index (χ0) is 14.8. The summed E-state index contributed by atoms with van der Waals surface area (Å²) in [7, 11) is 0. The fourth-order valence-corrected chi connectivity index (χ4v) is 3.29. The maximum atomic E-state index is 12.3. The Morgan fingerprint density at radius 3 is 3.10 bits per heavy atom. The Morgan fingerprint density at radius 1 is 1.57 bits per heavy atom. The van der Waals surface area contributed by atoms with E-state index in [0.717, 1.165) is 29.4 Å². The second-order valence-electron chi connectivity index (χ2n) is 5.19. The van der Waals surface area contributed by atoms with Crippen molar-refractivity contribution in [1.29, 1.82) is 0 Å². The summed E-state index contributed by atoms with van der Waals surface area (Å²) in [5, 5.41) is 10.8. The standard InChI is InChI=1S/C14H18N4O2S/c1-8-9(2)21-12(17-8)6-15-14(19)11-5-16-18-13(11)10-3-4-20-7-10/h5,10H,3-4,6-7H2,1-2H3,(H,15,19)(H,16,18)/t10-/m1/s1. The molecule has 1 amide bonds. The summed E-state index contributed by atoms with van der Waals surface area (Å²) in [4.78, 5) is 17.9. The lowest BCUT2D eigenvalue weighted by molar-refractivity contribution is 0.0949. The number of thiazole rings is 1. The van der Waals surface area contributed by atoms with Crippen molar-refractivity contribution in [3.63, 3.8) is 0 Å². The summed E-state index contributed by atoms with van der Waals surface area (Å²) in [6.07, 6.45) is 2.51. The van der Waals surface area contributed by atoms with Crippen molar-refractivity contribution in [3.05, 3.63) is 33.0 Å². The van der Waals surface area contributed by atoms with Gasteiger partial charge in [0.25, 0.3) is 5.91 Å². The molecule has 1 atom stereocenters. The first-order valence-corrected chi connectivity index (χ1v) is 7.79. The average molecular weight is 306 g/mol. The molecule has 2 aromatic heterocycles. The van der Waals surface area contributed by atoms with Crippen LogP contribution in [0.1, 0.15) is 44.0 Å². The Balaban J connectivity index is 1.67. The SMILES string of the molecule is Cc1nc(CNC(=O)c2cn[nH]c2[C@@H]2CCOC2)sc1C. The van der Waals surface area contributed by atoms with Crippen molar-refractivity contribution >= 4 is 17.2 Å². The number of aromatic nitrogens is 3. The quantitative estimate of drug-likeness (QED) is 0.904. The fraction of sp³-hybridized carbons (Fsp3) is 0.500. The number of nitrogens with one attached hydrogen (secondary N) is 2. The Bertz CT molecular complexity index is 624. The van der Waals surface area contributed by atoms with Gasteiger partial charge in [-0.25, -0.2) is 4.98 Å². The van der Waals surface area contributed by atoms with Crippen LogP contribution in [0.5, 0.6) is 0 Å². The Morgan fingerprint density at radius 2 is 2.43 bits per heavy atom. The molecule has 1 fully saturated rings. The van der Waals surface area contributed by atoms with E-state index in [1.165, 1.54) is 4.88 Å². The number of carbonyl (C=O) groups excluding carboxylic acids is 1. The average Bonchev–Trinajstić information content (AvgIpc) is 3.17. The lowest BCUT2D eigenvalue weighted by Crippen LogP contribution is -2.24. The van der Waals surface area contributed by atoms with Gasteiger partial charge in [-0.2, -0.15) is 5.10 Å². The van der Waals surface area contributed by atoms with Gasteiger partial charge in [0.1, 0.15) is 5.01 Å². The lowest BCUT2D eigenvalue weighted by atomic mass is 10.0. The molecule has 0 aliphatic carbocycles. The maximum Gasteiger partial charge on any atom is 0.255 e. The van der Waals surface area contributed by atoms with Gasteiger partial charge in [0.05, 0.1) is 36.3 Å². The fourth-order valence-electron chi connectivity index (χ4n) is 2.42. The second kappa shape index (κ2) is 5.95. The summed E-state index contributed by atoms with van der Waals surface area (Å²) in [5.74, 6) is 0.119. The van der Waals surface area contributed by atoms with Gasteiger partial charge in [0.2, 0.25) is 0 Å². The van der Waals surface area contributed by atoms with Crippen LogP contribution in [0.3, 0.4) is 0 Å². The smallest absolute Gasteiger partial charge is 0.255 e. The second-order valence-corrected chi connectivity index (χ2v) is 6.48. The van der Waals surface area contributed by atoms with Crippen molar-refractivity contribution in [2.75, 3.05) is 13.2 Å². The molecule has 0 radical (unpaired) electrons. The predicted octanol–water partition coefficient (Wildman–Crippen LogP) is 1.92. The number of hydrogen-bond donors (Lipinski definition) is 2. The minimum absolute atomic E-state index is 0.115. The Labute approximate surface area is 126 Å².